The second-order valence-corrected chi connectivity index (χ2v) is 8.08. The summed E-state index contributed by atoms with van der Waals surface area (Å²) in [5, 5.41) is 10.5. The highest BCUT2D eigenvalue weighted by atomic mass is 32.2. The molecule has 1 amide bonds. The van der Waals surface area contributed by atoms with Crippen molar-refractivity contribution < 1.29 is 13.2 Å². The second kappa shape index (κ2) is 8.32. The lowest BCUT2D eigenvalue weighted by Crippen LogP contribution is -2.26. The molecular weight excluding hydrogens is 378 g/mol. The van der Waals surface area contributed by atoms with Crippen molar-refractivity contribution in [3.63, 3.8) is 0 Å². The number of carbonyl (C=O) groups is 1. The number of nitrogens with one attached hydrogen (secondary N) is 2. The number of carbonyl (C=O) groups excluding carboxylic acids is 1. The molecule has 3 aromatic rings. The molecule has 28 heavy (non-hydrogen) atoms. The van der Waals surface area contributed by atoms with Crippen LogP contribution < -0.4 is 10.0 Å². The number of hydrogen-bond acceptors (Lipinski definition) is 5. The highest BCUT2D eigenvalue weighted by molar-refractivity contribution is 7.89. The summed E-state index contributed by atoms with van der Waals surface area (Å²) in [6.07, 6.45) is 2.21. The number of anilines is 1. The number of hydrogen-bond donors (Lipinski definition) is 2. The van der Waals surface area contributed by atoms with Crippen LogP contribution in [-0.2, 0) is 28.3 Å². The molecule has 9 heteroatoms. The molecule has 8 nitrogen and oxygen atoms in total. The van der Waals surface area contributed by atoms with Crippen LogP contribution in [0.4, 0.5) is 5.69 Å². The molecule has 0 saturated carbocycles. The Labute approximate surface area is 163 Å². The van der Waals surface area contributed by atoms with E-state index in [0.717, 1.165) is 16.8 Å². The Balaban J connectivity index is 1.64. The van der Waals surface area contributed by atoms with Gasteiger partial charge in [-0.2, -0.15) is 0 Å². The number of benzene rings is 2. The van der Waals surface area contributed by atoms with Crippen LogP contribution in [0.1, 0.15) is 12.6 Å². The van der Waals surface area contributed by atoms with Crippen molar-refractivity contribution in [2.24, 2.45) is 7.05 Å². The number of aryl methyl sites for hydroxylation is 1. The molecule has 2 aromatic carbocycles. The van der Waals surface area contributed by atoms with Crippen LogP contribution in [0.15, 0.2) is 59.6 Å². The van der Waals surface area contributed by atoms with Crippen LogP contribution in [0.25, 0.3) is 11.1 Å². The molecule has 0 aliphatic heterocycles. The fourth-order valence-corrected chi connectivity index (χ4v) is 3.71. The molecule has 146 valence electrons. The lowest BCUT2D eigenvalue weighted by atomic mass is 10.1. The van der Waals surface area contributed by atoms with Crippen molar-refractivity contribution in [1.29, 1.82) is 0 Å². The molecule has 0 bridgehead atoms. The van der Waals surface area contributed by atoms with Gasteiger partial charge in [0.25, 0.3) is 0 Å². The monoisotopic (exact) mass is 399 g/mol. The summed E-state index contributed by atoms with van der Waals surface area (Å²) in [5.74, 6) is -0.130. The van der Waals surface area contributed by atoms with E-state index in [1.54, 1.807) is 54.3 Å². The molecule has 0 saturated heterocycles. The van der Waals surface area contributed by atoms with E-state index in [0.29, 0.717) is 12.1 Å². The molecule has 0 aliphatic carbocycles. The molecule has 1 aromatic heterocycles. The smallest absolute Gasteiger partial charge is 0.240 e. The quantitative estimate of drug-likeness (QED) is 0.632. The number of aromatic nitrogens is 3. The zero-order chi connectivity index (χ0) is 20.1. The van der Waals surface area contributed by atoms with Crippen LogP contribution in [-0.4, -0.2) is 35.9 Å². The Hall–Kier alpha value is -3.04. The summed E-state index contributed by atoms with van der Waals surface area (Å²) in [7, 11) is -1.84. The number of sulfonamides is 1. The van der Waals surface area contributed by atoms with E-state index >= 15 is 0 Å². The van der Waals surface area contributed by atoms with Gasteiger partial charge in [-0.3, -0.25) is 9.48 Å². The van der Waals surface area contributed by atoms with Gasteiger partial charge >= 0.3 is 0 Å². The average Bonchev–Trinajstić information content (AvgIpc) is 3.07. The van der Waals surface area contributed by atoms with E-state index in [1.807, 2.05) is 12.1 Å². The molecule has 2 N–H and O–H groups in total. The third-order valence-electron chi connectivity index (χ3n) is 4.03. The van der Waals surface area contributed by atoms with Crippen molar-refractivity contribution in [3.05, 3.63) is 60.4 Å². The summed E-state index contributed by atoms with van der Waals surface area (Å²) < 4.78 is 29.0. The lowest BCUT2D eigenvalue weighted by Gasteiger charge is -2.08. The topological polar surface area (TPSA) is 106 Å². The van der Waals surface area contributed by atoms with Crippen LogP contribution in [0.3, 0.4) is 0 Å². The minimum absolute atomic E-state index is 0.130. The van der Waals surface area contributed by atoms with Gasteiger partial charge in [0.05, 0.1) is 10.6 Å². The van der Waals surface area contributed by atoms with Gasteiger partial charge < -0.3 is 5.32 Å². The fraction of sp³-hybridized carbons (Fsp3) is 0.211. The van der Waals surface area contributed by atoms with Crippen molar-refractivity contribution in [3.8, 4) is 11.1 Å². The summed E-state index contributed by atoms with van der Waals surface area (Å²) in [6.45, 7) is 1.70. The Morgan fingerprint density at radius 3 is 2.18 bits per heavy atom. The zero-order valence-corrected chi connectivity index (χ0v) is 16.4. The van der Waals surface area contributed by atoms with Crippen LogP contribution in [0, 0.1) is 0 Å². The van der Waals surface area contributed by atoms with E-state index in [1.165, 1.54) is 6.92 Å². The molecule has 0 spiro atoms. The predicted molar refractivity (Wildman–Crippen MR) is 106 cm³/mol. The van der Waals surface area contributed by atoms with Crippen molar-refractivity contribution in [1.82, 2.24) is 19.7 Å². The Morgan fingerprint density at radius 1 is 1.04 bits per heavy atom. The Morgan fingerprint density at radius 2 is 1.64 bits per heavy atom. The minimum atomic E-state index is -3.60. The maximum absolute atomic E-state index is 12.4. The second-order valence-electron chi connectivity index (χ2n) is 6.31. The van der Waals surface area contributed by atoms with Gasteiger partial charge in [-0.25, -0.2) is 13.1 Å². The average molecular weight is 399 g/mol. The van der Waals surface area contributed by atoms with E-state index < -0.39 is 10.0 Å². The van der Waals surface area contributed by atoms with Gasteiger partial charge in [-0.15, -0.1) is 5.10 Å². The molecule has 3 rings (SSSR count). The maximum atomic E-state index is 12.4. The van der Waals surface area contributed by atoms with Crippen LogP contribution in [0.2, 0.25) is 0 Å². The maximum Gasteiger partial charge on any atom is 0.240 e. The van der Waals surface area contributed by atoms with Crippen molar-refractivity contribution >= 4 is 21.6 Å². The highest BCUT2D eigenvalue weighted by Crippen LogP contribution is 2.23. The lowest BCUT2D eigenvalue weighted by molar-refractivity contribution is -0.114. The molecule has 0 atom stereocenters. The van der Waals surface area contributed by atoms with E-state index in [9.17, 15) is 13.2 Å². The zero-order valence-electron chi connectivity index (χ0n) is 15.6. The molecule has 0 fully saturated rings. The van der Waals surface area contributed by atoms with E-state index in [-0.39, 0.29) is 17.3 Å². The normalized spacial score (nSPS) is 11.4. The molecule has 0 unspecified atom stereocenters. The number of rotatable bonds is 7. The molecule has 0 radical (unpaired) electrons. The standard InChI is InChI=1S/C19H21N5O3S/c1-14(25)21-17-7-3-15(4-8-17)16-5-9-19(10-6-16)28(26,27)20-12-11-18-13-24(2)23-22-18/h3-10,13,20H,11-12H2,1-2H3,(H,21,25). The largest absolute Gasteiger partial charge is 0.326 e. The third kappa shape index (κ3) is 5.02. The first-order chi connectivity index (χ1) is 13.3. The van der Waals surface area contributed by atoms with Gasteiger partial charge in [0, 0.05) is 38.8 Å². The first kappa shape index (κ1) is 19.7. The predicted octanol–water partition coefficient (Wildman–Crippen LogP) is 1.96. The third-order valence-corrected chi connectivity index (χ3v) is 5.50. The molecule has 1 heterocycles. The van der Waals surface area contributed by atoms with Crippen LogP contribution in [0.5, 0.6) is 0 Å². The van der Waals surface area contributed by atoms with Gasteiger partial charge in [0.15, 0.2) is 0 Å². The Kier molecular flexibility index (Phi) is 5.86. The number of nitrogens with zero attached hydrogens (tertiary/aromatic N) is 3. The number of amides is 1. The summed E-state index contributed by atoms with van der Waals surface area (Å²) in [6, 6.07) is 14.0. The van der Waals surface area contributed by atoms with Gasteiger partial charge in [-0.05, 0) is 35.4 Å². The van der Waals surface area contributed by atoms with E-state index in [4.69, 9.17) is 0 Å². The Bertz CT molecular complexity index is 1060. The minimum Gasteiger partial charge on any atom is -0.326 e. The fourth-order valence-electron chi connectivity index (χ4n) is 2.68. The first-order valence-corrected chi connectivity index (χ1v) is 10.1. The van der Waals surface area contributed by atoms with E-state index in [2.05, 4.69) is 20.4 Å². The van der Waals surface area contributed by atoms with Gasteiger partial charge in [0.2, 0.25) is 15.9 Å². The first-order valence-electron chi connectivity index (χ1n) is 8.66. The summed E-state index contributed by atoms with van der Waals surface area (Å²) in [5.41, 5.74) is 3.24. The molecular formula is C19H21N5O3S. The highest BCUT2D eigenvalue weighted by Gasteiger charge is 2.14. The summed E-state index contributed by atoms with van der Waals surface area (Å²) in [4.78, 5) is 11.3. The summed E-state index contributed by atoms with van der Waals surface area (Å²) >= 11 is 0. The molecule has 0 aliphatic rings. The van der Waals surface area contributed by atoms with Crippen LogP contribution >= 0.6 is 0 Å². The van der Waals surface area contributed by atoms with Crippen molar-refractivity contribution in [2.45, 2.75) is 18.2 Å². The van der Waals surface area contributed by atoms with Crippen molar-refractivity contribution in [2.75, 3.05) is 11.9 Å². The van der Waals surface area contributed by atoms with Gasteiger partial charge in [-0.1, -0.05) is 29.5 Å². The SMILES string of the molecule is CC(=O)Nc1ccc(-c2ccc(S(=O)(=O)NCCc3cn(C)nn3)cc2)cc1. The van der Waals surface area contributed by atoms with Gasteiger partial charge in [0.1, 0.15) is 0 Å².